The highest BCUT2D eigenvalue weighted by Crippen LogP contribution is 2.32. The van der Waals surface area contributed by atoms with E-state index < -0.39 is 0 Å². The Morgan fingerprint density at radius 3 is 2.76 bits per heavy atom. The molecule has 0 aliphatic carbocycles. The van der Waals surface area contributed by atoms with E-state index in [-0.39, 0.29) is 6.61 Å². The number of aryl methyl sites for hydroxylation is 1. The third-order valence-electron chi connectivity index (χ3n) is 2.66. The fourth-order valence-electron chi connectivity index (χ4n) is 1.77. The van der Waals surface area contributed by atoms with Crippen LogP contribution in [0.3, 0.4) is 0 Å². The molecule has 0 spiro atoms. The van der Waals surface area contributed by atoms with Gasteiger partial charge in [-0.25, -0.2) is 0 Å². The molecule has 5 heteroatoms. The lowest BCUT2D eigenvalue weighted by molar-refractivity contribution is 0.274. The first kappa shape index (κ1) is 11.5. The number of aliphatic hydroxyl groups is 1. The highest BCUT2D eigenvalue weighted by Gasteiger charge is 2.13. The maximum atomic E-state index is 9.25. The Morgan fingerprint density at radius 2 is 2.24 bits per heavy atom. The highest BCUT2D eigenvalue weighted by atomic mass is 16.5. The second kappa shape index (κ2) is 4.47. The summed E-state index contributed by atoms with van der Waals surface area (Å²) in [6.45, 7) is -0.0701. The van der Waals surface area contributed by atoms with E-state index in [1.165, 1.54) is 0 Å². The first-order valence-electron chi connectivity index (χ1n) is 5.24. The van der Waals surface area contributed by atoms with Crippen LogP contribution in [0.4, 0.5) is 5.82 Å². The Kier molecular flexibility index (Phi) is 3.01. The molecule has 0 unspecified atom stereocenters. The highest BCUT2D eigenvalue weighted by molar-refractivity contribution is 5.71. The number of hydrogen-bond acceptors (Lipinski definition) is 4. The van der Waals surface area contributed by atoms with Crippen LogP contribution in [-0.4, -0.2) is 22.0 Å². The number of nitrogens with zero attached hydrogens (tertiary/aromatic N) is 2. The van der Waals surface area contributed by atoms with Crippen molar-refractivity contribution in [2.75, 3.05) is 12.8 Å². The summed E-state index contributed by atoms with van der Waals surface area (Å²) in [4.78, 5) is 0. The summed E-state index contributed by atoms with van der Waals surface area (Å²) >= 11 is 0. The van der Waals surface area contributed by atoms with E-state index in [1.807, 2.05) is 18.2 Å². The van der Waals surface area contributed by atoms with Crippen LogP contribution in [0.1, 0.15) is 5.56 Å². The predicted octanol–water partition coefficient (Wildman–Crippen LogP) is 1.17. The number of nitrogen functional groups attached to an aromatic ring is 1. The molecule has 0 saturated heterocycles. The fourth-order valence-corrected chi connectivity index (χ4v) is 1.77. The quantitative estimate of drug-likeness (QED) is 0.834. The number of benzene rings is 1. The van der Waals surface area contributed by atoms with Gasteiger partial charge < -0.3 is 15.6 Å². The van der Waals surface area contributed by atoms with Gasteiger partial charge in [0.05, 0.1) is 19.4 Å². The molecule has 1 aromatic heterocycles. The zero-order valence-corrected chi connectivity index (χ0v) is 9.84. The van der Waals surface area contributed by atoms with Crippen LogP contribution in [0.2, 0.25) is 0 Å². The van der Waals surface area contributed by atoms with E-state index in [4.69, 9.17) is 10.5 Å². The average Bonchev–Trinajstić information content (AvgIpc) is 2.68. The minimum Gasteiger partial charge on any atom is -0.496 e. The number of aliphatic hydroxyl groups excluding tert-OH is 1. The van der Waals surface area contributed by atoms with Crippen LogP contribution in [0.15, 0.2) is 24.3 Å². The number of para-hydroxylation sites is 1. The molecule has 0 radical (unpaired) electrons. The third kappa shape index (κ3) is 1.97. The van der Waals surface area contributed by atoms with Crippen molar-refractivity contribution in [3.8, 4) is 17.0 Å². The summed E-state index contributed by atoms with van der Waals surface area (Å²) in [7, 11) is 3.35. The molecule has 0 fully saturated rings. The van der Waals surface area contributed by atoms with Gasteiger partial charge in [-0.1, -0.05) is 12.1 Å². The molecule has 90 valence electrons. The number of rotatable bonds is 3. The molecule has 17 heavy (non-hydrogen) atoms. The molecule has 0 aliphatic rings. The van der Waals surface area contributed by atoms with Gasteiger partial charge in [0, 0.05) is 24.2 Å². The summed E-state index contributed by atoms with van der Waals surface area (Å²) in [5.41, 5.74) is 8.04. The van der Waals surface area contributed by atoms with Crippen LogP contribution in [0.5, 0.6) is 5.75 Å². The minimum absolute atomic E-state index is 0.0701. The Hall–Kier alpha value is -2.01. The Bertz CT molecular complexity index is 515. The molecule has 0 saturated carbocycles. The Balaban J connectivity index is 2.58. The van der Waals surface area contributed by atoms with Crippen molar-refractivity contribution < 1.29 is 9.84 Å². The molecule has 2 aromatic rings. The molecule has 2 rings (SSSR count). The van der Waals surface area contributed by atoms with Crippen molar-refractivity contribution in [2.24, 2.45) is 7.05 Å². The SMILES string of the molecule is COc1c(CO)cccc1-c1cc(N)n(C)n1. The number of anilines is 1. The summed E-state index contributed by atoms with van der Waals surface area (Å²) in [5, 5.41) is 13.5. The Labute approximate surface area is 99.4 Å². The third-order valence-corrected chi connectivity index (χ3v) is 2.66. The maximum absolute atomic E-state index is 9.25. The maximum Gasteiger partial charge on any atom is 0.133 e. The van der Waals surface area contributed by atoms with Crippen molar-refractivity contribution in [1.29, 1.82) is 0 Å². The zero-order chi connectivity index (χ0) is 12.4. The van der Waals surface area contributed by atoms with Crippen LogP contribution in [0, 0.1) is 0 Å². The number of hydrogen-bond donors (Lipinski definition) is 2. The largest absolute Gasteiger partial charge is 0.496 e. The second-order valence-electron chi connectivity index (χ2n) is 3.73. The lowest BCUT2D eigenvalue weighted by Crippen LogP contribution is -1.97. The van der Waals surface area contributed by atoms with Crippen molar-refractivity contribution in [1.82, 2.24) is 9.78 Å². The topological polar surface area (TPSA) is 73.3 Å². The summed E-state index contributed by atoms with van der Waals surface area (Å²) in [6, 6.07) is 7.34. The fraction of sp³-hybridized carbons (Fsp3) is 0.250. The van der Waals surface area contributed by atoms with Gasteiger partial charge in [-0.3, -0.25) is 4.68 Å². The van der Waals surface area contributed by atoms with E-state index in [0.29, 0.717) is 11.6 Å². The summed E-state index contributed by atoms with van der Waals surface area (Å²) in [6.07, 6.45) is 0. The van der Waals surface area contributed by atoms with Gasteiger partial charge in [-0.05, 0) is 6.07 Å². The van der Waals surface area contributed by atoms with Crippen LogP contribution in [-0.2, 0) is 13.7 Å². The van der Waals surface area contributed by atoms with E-state index in [2.05, 4.69) is 5.10 Å². The van der Waals surface area contributed by atoms with Gasteiger partial charge in [0.25, 0.3) is 0 Å². The minimum atomic E-state index is -0.0701. The average molecular weight is 233 g/mol. The Morgan fingerprint density at radius 1 is 1.47 bits per heavy atom. The van der Waals surface area contributed by atoms with E-state index >= 15 is 0 Å². The molecular formula is C12H15N3O2. The van der Waals surface area contributed by atoms with Gasteiger partial charge in [0.1, 0.15) is 11.6 Å². The molecule has 1 heterocycles. The molecule has 0 amide bonds. The summed E-state index contributed by atoms with van der Waals surface area (Å²) < 4.78 is 6.92. The molecule has 0 bridgehead atoms. The van der Waals surface area contributed by atoms with Gasteiger partial charge in [-0.2, -0.15) is 5.10 Å². The molecule has 1 aromatic carbocycles. The number of ether oxygens (including phenoxy) is 1. The lowest BCUT2D eigenvalue weighted by Gasteiger charge is -2.10. The van der Waals surface area contributed by atoms with Gasteiger partial charge >= 0.3 is 0 Å². The van der Waals surface area contributed by atoms with Crippen molar-refractivity contribution in [3.05, 3.63) is 29.8 Å². The van der Waals surface area contributed by atoms with E-state index in [1.54, 1.807) is 24.9 Å². The van der Waals surface area contributed by atoms with Crippen LogP contribution >= 0.6 is 0 Å². The smallest absolute Gasteiger partial charge is 0.133 e. The number of methoxy groups -OCH3 is 1. The normalized spacial score (nSPS) is 10.5. The summed E-state index contributed by atoms with van der Waals surface area (Å²) in [5.74, 6) is 1.21. The zero-order valence-electron chi connectivity index (χ0n) is 9.84. The standard InChI is InChI=1S/C12H15N3O2/c1-15-11(13)6-10(14-15)9-5-3-4-8(7-16)12(9)17-2/h3-6,16H,7,13H2,1-2H3. The van der Waals surface area contributed by atoms with Crippen molar-refractivity contribution in [3.63, 3.8) is 0 Å². The van der Waals surface area contributed by atoms with Crippen LogP contribution < -0.4 is 10.5 Å². The lowest BCUT2D eigenvalue weighted by atomic mass is 10.1. The molecule has 0 aliphatic heterocycles. The van der Waals surface area contributed by atoms with E-state index in [9.17, 15) is 5.11 Å². The number of nitrogens with two attached hydrogens (primary N) is 1. The predicted molar refractivity (Wildman–Crippen MR) is 65.5 cm³/mol. The number of aromatic nitrogens is 2. The van der Waals surface area contributed by atoms with E-state index in [0.717, 1.165) is 16.8 Å². The first-order chi connectivity index (χ1) is 8.17. The van der Waals surface area contributed by atoms with Crippen molar-refractivity contribution in [2.45, 2.75) is 6.61 Å². The van der Waals surface area contributed by atoms with Gasteiger partial charge in [0.2, 0.25) is 0 Å². The molecule has 3 N–H and O–H groups in total. The molecule has 5 nitrogen and oxygen atoms in total. The molecule has 0 atom stereocenters. The van der Waals surface area contributed by atoms with Gasteiger partial charge in [-0.15, -0.1) is 0 Å². The monoisotopic (exact) mass is 233 g/mol. The first-order valence-corrected chi connectivity index (χ1v) is 5.24. The second-order valence-corrected chi connectivity index (χ2v) is 3.73. The van der Waals surface area contributed by atoms with Crippen LogP contribution in [0.25, 0.3) is 11.3 Å². The van der Waals surface area contributed by atoms with Gasteiger partial charge in [0.15, 0.2) is 0 Å². The van der Waals surface area contributed by atoms with Crippen molar-refractivity contribution >= 4 is 5.82 Å². The molecular weight excluding hydrogens is 218 g/mol.